The average molecular weight is 327 g/mol. The maximum atomic E-state index is 12.6. The molecule has 2 fully saturated rings. The van der Waals surface area contributed by atoms with Crippen LogP contribution in [0.5, 0.6) is 0 Å². The van der Waals surface area contributed by atoms with Gasteiger partial charge in [0.05, 0.1) is 11.8 Å². The molecule has 0 spiro atoms. The van der Waals surface area contributed by atoms with E-state index < -0.39 is 0 Å². The van der Waals surface area contributed by atoms with Crippen LogP contribution in [0.25, 0.3) is 0 Å². The Bertz CT molecular complexity index is 450. The first-order chi connectivity index (χ1) is 9.25. The second-order valence-corrected chi connectivity index (χ2v) is 6.16. The van der Waals surface area contributed by atoms with Crippen LogP contribution in [0.4, 0.5) is 0 Å². The normalized spacial score (nSPS) is 23.3. The monoisotopic (exact) mass is 326 g/mol. The highest BCUT2D eigenvalue weighted by Gasteiger charge is 2.35. The molecular formula is C14H19BrN2O2. The fraction of sp³-hybridized carbons (Fsp3) is 0.643. The first-order valence-corrected chi connectivity index (χ1v) is 7.82. The van der Waals surface area contributed by atoms with Crippen molar-refractivity contribution in [3.8, 4) is 0 Å². The number of hydrogen-bond acceptors (Lipinski definition) is 3. The topological polar surface area (TPSA) is 45.5 Å². The molecule has 1 N–H and O–H groups in total. The van der Waals surface area contributed by atoms with E-state index in [0.717, 1.165) is 25.9 Å². The molecular weight excluding hydrogens is 308 g/mol. The van der Waals surface area contributed by atoms with Crippen LogP contribution in [-0.4, -0.2) is 36.0 Å². The zero-order valence-electron chi connectivity index (χ0n) is 10.9. The molecule has 5 heteroatoms. The molecule has 4 nitrogen and oxygen atoms in total. The second kappa shape index (κ2) is 5.67. The van der Waals surface area contributed by atoms with E-state index in [-0.39, 0.29) is 5.91 Å². The van der Waals surface area contributed by atoms with Crippen LogP contribution in [0, 0.1) is 0 Å². The van der Waals surface area contributed by atoms with Crippen LogP contribution in [-0.2, 0) is 0 Å². The van der Waals surface area contributed by atoms with Crippen molar-refractivity contribution in [3.05, 3.63) is 22.6 Å². The minimum absolute atomic E-state index is 0.0931. The number of carbonyl (C=O) groups is 1. The summed E-state index contributed by atoms with van der Waals surface area (Å²) in [6.45, 7) is 1.90. The summed E-state index contributed by atoms with van der Waals surface area (Å²) in [4.78, 5) is 14.6. The highest BCUT2D eigenvalue weighted by Crippen LogP contribution is 2.30. The van der Waals surface area contributed by atoms with Gasteiger partial charge in [0.1, 0.15) is 0 Å². The SMILES string of the molecule is O=C(c1ccoc1Br)N(CC1CCCCN1)C1CC1. The van der Waals surface area contributed by atoms with Gasteiger partial charge in [-0.1, -0.05) is 6.42 Å². The predicted molar refractivity (Wildman–Crippen MR) is 76.1 cm³/mol. The molecule has 1 aromatic rings. The summed E-state index contributed by atoms with van der Waals surface area (Å²) in [6, 6.07) is 2.62. The zero-order chi connectivity index (χ0) is 13.2. The summed E-state index contributed by atoms with van der Waals surface area (Å²) in [5.41, 5.74) is 0.641. The van der Waals surface area contributed by atoms with Gasteiger partial charge in [-0.05, 0) is 54.2 Å². The number of carbonyl (C=O) groups excluding carboxylic acids is 1. The van der Waals surface area contributed by atoms with E-state index in [0.29, 0.717) is 22.3 Å². The van der Waals surface area contributed by atoms with Gasteiger partial charge in [0.2, 0.25) is 0 Å². The van der Waals surface area contributed by atoms with E-state index in [1.165, 1.54) is 19.3 Å². The number of amides is 1. The lowest BCUT2D eigenvalue weighted by Crippen LogP contribution is -2.46. The summed E-state index contributed by atoms with van der Waals surface area (Å²) < 4.78 is 5.72. The van der Waals surface area contributed by atoms with Gasteiger partial charge in [-0.3, -0.25) is 4.79 Å². The van der Waals surface area contributed by atoms with Crippen LogP contribution in [0.1, 0.15) is 42.5 Å². The Morgan fingerprint density at radius 2 is 2.26 bits per heavy atom. The first kappa shape index (κ1) is 13.2. The van der Waals surface area contributed by atoms with Crippen molar-refractivity contribution in [3.63, 3.8) is 0 Å². The Labute approximate surface area is 121 Å². The molecule has 3 rings (SSSR count). The number of halogens is 1. The van der Waals surface area contributed by atoms with Crippen molar-refractivity contribution >= 4 is 21.8 Å². The maximum absolute atomic E-state index is 12.6. The smallest absolute Gasteiger partial charge is 0.258 e. The predicted octanol–water partition coefficient (Wildman–Crippen LogP) is 2.79. The zero-order valence-corrected chi connectivity index (χ0v) is 12.5. The Balaban J connectivity index is 1.70. The summed E-state index contributed by atoms with van der Waals surface area (Å²) in [5, 5.41) is 3.52. The average Bonchev–Trinajstić information content (AvgIpc) is 3.18. The molecule has 19 heavy (non-hydrogen) atoms. The standard InChI is InChI=1S/C14H19BrN2O2/c15-13-12(6-8-19-13)14(18)17(11-4-5-11)9-10-3-1-2-7-16-10/h6,8,10-11,16H,1-5,7,9H2. The van der Waals surface area contributed by atoms with Gasteiger partial charge in [-0.25, -0.2) is 0 Å². The second-order valence-electron chi connectivity index (χ2n) is 5.44. The minimum Gasteiger partial charge on any atom is -0.457 e. The molecule has 2 aliphatic rings. The van der Waals surface area contributed by atoms with Gasteiger partial charge in [0.15, 0.2) is 4.67 Å². The number of nitrogens with one attached hydrogen (secondary N) is 1. The van der Waals surface area contributed by atoms with Crippen molar-refractivity contribution in [2.45, 2.75) is 44.2 Å². The lowest BCUT2D eigenvalue weighted by molar-refractivity contribution is 0.0716. The number of hydrogen-bond donors (Lipinski definition) is 1. The quantitative estimate of drug-likeness (QED) is 0.925. The molecule has 1 unspecified atom stereocenters. The molecule has 1 aromatic heterocycles. The molecule has 1 aliphatic carbocycles. The third-order valence-electron chi connectivity index (χ3n) is 3.93. The van der Waals surface area contributed by atoms with Crippen LogP contribution < -0.4 is 5.32 Å². The molecule has 1 amide bonds. The van der Waals surface area contributed by atoms with Gasteiger partial charge in [0, 0.05) is 18.6 Å². The number of rotatable bonds is 4. The van der Waals surface area contributed by atoms with Gasteiger partial charge in [-0.2, -0.15) is 0 Å². The van der Waals surface area contributed by atoms with E-state index in [9.17, 15) is 4.79 Å². The third-order valence-corrected chi connectivity index (χ3v) is 4.54. The van der Waals surface area contributed by atoms with Crippen molar-refractivity contribution in [2.24, 2.45) is 0 Å². The van der Waals surface area contributed by atoms with E-state index in [1.54, 1.807) is 12.3 Å². The highest BCUT2D eigenvalue weighted by molar-refractivity contribution is 9.10. The summed E-state index contributed by atoms with van der Waals surface area (Å²) >= 11 is 3.30. The maximum Gasteiger partial charge on any atom is 0.258 e. The molecule has 104 valence electrons. The third kappa shape index (κ3) is 3.03. The van der Waals surface area contributed by atoms with Crippen molar-refractivity contribution < 1.29 is 9.21 Å². The fourth-order valence-corrected chi connectivity index (χ4v) is 3.11. The minimum atomic E-state index is 0.0931. The summed E-state index contributed by atoms with van der Waals surface area (Å²) in [5.74, 6) is 0.0931. The molecule has 0 radical (unpaired) electrons. The van der Waals surface area contributed by atoms with Gasteiger partial charge in [-0.15, -0.1) is 0 Å². The first-order valence-electron chi connectivity index (χ1n) is 7.03. The molecule has 0 aromatic carbocycles. The van der Waals surface area contributed by atoms with Crippen LogP contribution in [0.2, 0.25) is 0 Å². The number of nitrogens with zero attached hydrogens (tertiary/aromatic N) is 1. The molecule has 1 aliphatic heterocycles. The lowest BCUT2D eigenvalue weighted by atomic mass is 10.0. The van der Waals surface area contributed by atoms with E-state index >= 15 is 0 Å². The Morgan fingerprint density at radius 1 is 1.42 bits per heavy atom. The van der Waals surface area contributed by atoms with Crippen molar-refractivity contribution in [1.29, 1.82) is 0 Å². The summed E-state index contributed by atoms with van der Waals surface area (Å²) in [7, 11) is 0. The molecule has 1 saturated heterocycles. The largest absolute Gasteiger partial charge is 0.457 e. The van der Waals surface area contributed by atoms with Crippen LogP contribution in [0.15, 0.2) is 21.4 Å². The Morgan fingerprint density at radius 3 is 2.84 bits per heavy atom. The van der Waals surface area contributed by atoms with E-state index in [2.05, 4.69) is 21.2 Å². The Hall–Kier alpha value is -0.810. The molecule has 0 bridgehead atoms. The van der Waals surface area contributed by atoms with Gasteiger partial charge >= 0.3 is 0 Å². The number of piperidine rings is 1. The van der Waals surface area contributed by atoms with Gasteiger partial charge < -0.3 is 14.6 Å². The Kier molecular flexibility index (Phi) is 3.93. The molecule has 2 heterocycles. The fourth-order valence-electron chi connectivity index (χ4n) is 2.70. The van der Waals surface area contributed by atoms with E-state index in [4.69, 9.17) is 4.42 Å². The number of furan rings is 1. The van der Waals surface area contributed by atoms with Crippen molar-refractivity contribution in [1.82, 2.24) is 10.2 Å². The van der Waals surface area contributed by atoms with E-state index in [1.807, 2.05) is 4.90 Å². The lowest BCUT2D eigenvalue weighted by Gasteiger charge is -2.30. The van der Waals surface area contributed by atoms with Crippen LogP contribution >= 0.6 is 15.9 Å². The van der Waals surface area contributed by atoms with Gasteiger partial charge in [0.25, 0.3) is 5.91 Å². The van der Waals surface area contributed by atoms with Crippen molar-refractivity contribution in [2.75, 3.05) is 13.1 Å². The molecule has 1 saturated carbocycles. The van der Waals surface area contributed by atoms with Crippen LogP contribution in [0.3, 0.4) is 0 Å². The molecule has 1 atom stereocenters. The summed E-state index contributed by atoms with van der Waals surface area (Å²) in [6.07, 6.45) is 7.51. The highest BCUT2D eigenvalue weighted by atomic mass is 79.9.